The number of benzene rings is 2. The van der Waals surface area contributed by atoms with Gasteiger partial charge in [0.25, 0.3) is 5.69 Å². The summed E-state index contributed by atoms with van der Waals surface area (Å²) in [4.78, 5) is 35.1. The lowest BCUT2D eigenvalue weighted by Crippen LogP contribution is -2.12. The first kappa shape index (κ1) is 18.4. The van der Waals surface area contributed by atoms with E-state index in [0.717, 1.165) is 11.0 Å². The van der Waals surface area contributed by atoms with Crippen LogP contribution in [0.5, 0.6) is 0 Å². The average Bonchev–Trinajstić information content (AvgIpc) is 2.64. The number of nitro benzene ring substituents is 1. The Hall–Kier alpha value is -2.93. The maximum atomic E-state index is 12.0. The van der Waals surface area contributed by atoms with Crippen LogP contribution in [0.25, 0.3) is 6.08 Å². The van der Waals surface area contributed by atoms with Crippen molar-refractivity contribution < 1.29 is 19.2 Å². The third-order valence-electron chi connectivity index (χ3n) is 3.29. The number of nitro groups is 1. The monoisotopic (exact) mass is 357 g/mol. The van der Waals surface area contributed by atoms with E-state index in [0.29, 0.717) is 5.56 Å². The zero-order valence-electron chi connectivity index (χ0n) is 13.4. The maximum absolute atomic E-state index is 12.0. The van der Waals surface area contributed by atoms with E-state index in [1.807, 2.05) is 18.4 Å². The fourth-order valence-corrected chi connectivity index (χ4v) is 2.41. The second kappa shape index (κ2) is 8.79. The average molecular weight is 357 g/mol. The van der Waals surface area contributed by atoms with Gasteiger partial charge in [0.2, 0.25) is 0 Å². The van der Waals surface area contributed by atoms with Gasteiger partial charge in [-0.3, -0.25) is 14.9 Å². The fourth-order valence-electron chi connectivity index (χ4n) is 2.00. The molecule has 0 aromatic heterocycles. The molecule has 0 spiro atoms. The molecule has 0 saturated carbocycles. The number of thioether (sulfide) groups is 1. The highest BCUT2D eigenvalue weighted by Crippen LogP contribution is 2.19. The summed E-state index contributed by atoms with van der Waals surface area (Å²) in [6, 6.07) is 13.0. The maximum Gasteiger partial charge on any atom is 0.331 e. The normalized spacial score (nSPS) is 10.6. The minimum Gasteiger partial charge on any atom is -0.454 e. The van der Waals surface area contributed by atoms with Gasteiger partial charge < -0.3 is 4.74 Å². The zero-order chi connectivity index (χ0) is 18.2. The first-order valence-corrected chi connectivity index (χ1v) is 8.49. The number of carbonyl (C=O) groups excluding carboxylic acids is 2. The van der Waals surface area contributed by atoms with Crippen molar-refractivity contribution in [3.05, 3.63) is 75.8 Å². The highest BCUT2D eigenvalue weighted by molar-refractivity contribution is 7.98. The Bertz CT molecular complexity index is 814. The van der Waals surface area contributed by atoms with Crippen LogP contribution in [0.1, 0.15) is 15.9 Å². The van der Waals surface area contributed by atoms with Gasteiger partial charge in [-0.1, -0.05) is 24.3 Å². The second-order valence-corrected chi connectivity index (χ2v) is 5.79. The van der Waals surface area contributed by atoms with Gasteiger partial charge in [0, 0.05) is 22.6 Å². The Morgan fingerprint density at radius 3 is 2.48 bits per heavy atom. The molecule has 0 aliphatic rings. The molecule has 0 aliphatic carbocycles. The molecule has 128 valence electrons. The first-order valence-electron chi connectivity index (χ1n) is 7.27. The molecule has 0 aliphatic heterocycles. The Kier molecular flexibility index (Phi) is 6.47. The van der Waals surface area contributed by atoms with Crippen molar-refractivity contribution in [2.75, 3.05) is 12.9 Å². The Labute approximate surface area is 148 Å². The van der Waals surface area contributed by atoms with Crippen molar-refractivity contribution in [1.82, 2.24) is 0 Å². The van der Waals surface area contributed by atoms with Crippen molar-refractivity contribution in [3.8, 4) is 0 Å². The van der Waals surface area contributed by atoms with Crippen molar-refractivity contribution >= 4 is 35.3 Å². The number of Topliss-reactive ketones (excluding diaryl/α,β-unsaturated/α-hetero) is 1. The van der Waals surface area contributed by atoms with Crippen molar-refractivity contribution in [2.45, 2.75) is 4.90 Å². The third-order valence-corrected chi connectivity index (χ3v) is 4.03. The van der Waals surface area contributed by atoms with Gasteiger partial charge in [0.05, 0.1) is 10.5 Å². The number of carbonyl (C=O) groups is 2. The van der Waals surface area contributed by atoms with E-state index in [4.69, 9.17) is 4.74 Å². The molecule has 0 heterocycles. The van der Waals surface area contributed by atoms with Gasteiger partial charge in [-0.2, -0.15) is 0 Å². The molecule has 0 bridgehead atoms. The Balaban J connectivity index is 1.94. The molecule has 6 nitrogen and oxygen atoms in total. The molecule has 0 amide bonds. The molecule has 2 aromatic rings. The molecule has 0 fully saturated rings. The van der Waals surface area contributed by atoms with E-state index >= 15 is 0 Å². The van der Waals surface area contributed by atoms with Gasteiger partial charge in [-0.05, 0) is 30.5 Å². The van der Waals surface area contributed by atoms with Crippen LogP contribution < -0.4 is 0 Å². The summed E-state index contributed by atoms with van der Waals surface area (Å²) in [5.74, 6) is -1.06. The number of ketones is 1. The molecule has 7 heteroatoms. The lowest BCUT2D eigenvalue weighted by atomic mass is 10.1. The van der Waals surface area contributed by atoms with E-state index in [1.165, 1.54) is 24.3 Å². The first-order chi connectivity index (χ1) is 12.0. The van der Waals surface area contributed by atoms with Crippen molar-refractivity contribution in [2.24, 2.45) is 0 Å². The van der Waals surface area contributed by atoms with Crippen LogP contribution >= 0.6 is 11.8 Å². The fraction of sp³-hybridized carbons (Fsp3) is 0.111. The summed E-state index contributed by atoms with van der Waals surface area (Å²) in [5.41, 5.74) is 0.619. The molecule has 25 heavy (non-hydrogen) atoms. The largest absolute Gasteiger partial charge is 0.454 e. The predicted octanol–water partition coefficient (Wildman–Crippen LogP) is 3.76. The van der Waals surface area contributed by atoms with Crippen LogP contribution in [0.3, 0.4) is 0 Å². The van der Waals surface area contributed by atoms with E-state index in [9.17, 15) is 19.7 Å². The minimum atomic E-state index is -0.743. The second-order valence-electron chi connectivity index (χ2n) is 4.91. The third kappa shape index (κ3) is 5.29. The van der Waals surface area contributed by atoms with Gasteiger partial charge >= 0.3 is 5.97 Å². The van der Waals surface area contributed by atoms with Crippen LogP contribution in [0.4, 0.5) is 5.69 Å². The number of hydrogen-bond acceptors (Lipinski definition) is 6. The minimum absolute atomic E-state index is 0.114. The highest BCUT2D eigenvalue weighted by atomic mass is 32.2. The smallest absolute Gasteiger partial charge is 0.331 e. The van der Waals surface area contributed by atoms with Gasteiger partial charge in [0.15, 0.2) is 12.4 Å². The number of nitrogens with zero attached hydrogens (tertiary/aromatic N) is 1. The summed E-state index contributed by atoms with van der Waals surface area (Å²) in [5, 5.41) is 10.9. The SMILES string of the molecule is CSc1ccc(C(=O)COC(=O)/C=C/c2ccccc2[N+](=O)[O-])cc1. The topological polar surface area (TPSA) is 86.5 Å². The van der Waals surface area contributed by atoms with Crippen molar-refractivity contribution in [1.29, 1.82) is 0 Å². The van der Waals surface area contributed by atoms with Crippen LogP contribution in [0, 0.1) is 10.1 Å². The number of esters is 1. The van der Waals surface area contributed by atoms with Gasteiger partial charge in [0.1, 0.15) is 0 Å². The number of rotatable bonds is 7. The molecule has 0 unspecified atom stereocenters. The Morgan fingerprint density at radius 1 is 1.16 bits per heavy atom. The van der Waals surface area contributed by atoms with E-state index in [1.54, 1.807) is 30.0 Å². The summed E-state index contributed by atoms with van der Waals surface area (Å²) in [6.45, 7) is -0.390. The summed E-state index contributed by atoms with van der Waals surface area (Å²) < 4.78 is 4.89. The van der Waals surface area contributed by atoms with Gasteiger partial charge in [-0.15, -0.1) is 11.8 Å². The quantitative estimate of drug-likeness (QED) is 0.187. The van der Waals surface area contributed by atoms with Crippen molar-refractivity contribution in [3.63, 3.8) is 0 Å². The molecule has 2 rings (SSSR count). The molecule has 0 saturated heterocycles. The standard InChI is InChI=1S/C18H15NO5S/c1-25-15-9-6-14(7-10-15)17(20)12-24-18(21)11-8-13-4-2-3-5-16(13)19(22)23/h2-11H,12H2,1H3/b11-8+. The lowest BCUT2D eigenvalue weighted by molar-refractivity contribution is -0.385. The van der Waals surface area contributed by atoms with E-state index < -0.39 is 17.5 Å². The molecular weight excluding hydrogens is 342 g/mol. The van der Waals surface area contributed by atoms with E-state index in [-0.39, 0.29) is 17.0 Å². The Morgan fingerprint density at radius 2 is 1.84 bits per heavy atom. The summed E-state index contributed by atoms with van der Waals surface area (Å²) >= 11 is 1.56. The summed E-state index contributed by atoms with van der Waals surface area (Å²) in [6.07, 6.45) is 4.28. The molecule has 0 radical (unpaired) electrons. The molecular formula is C18H15NO5S. The number of hydrogen-bond donors (Lipinski definition) is 0. The van der Waals surface area contributed by atoms with Crippen LogP contribution in [0.2, 0.25) is 0 Å². The molecule has 0 atom stereocenters. The summed E-state index contributed by atoms with van der Waals surface area (Å²) in [7, 11) is 0. The lowest BCUT2D eigenvalue weighted by Gasteiger charge is -2.03. The number of para-hydroxylation sites is 1. The zero-order valence-corrected chi connectivity index (χ0v) is 14.2. The highest BCUT2D eigenvalue weighted by Gasteiger charge is 2.11. The van der Waals surface area contributed by atoms with E-state index in [2.05, 4.69) is 0 Å². The van der Waals surface area contributed by atoms with Crippen LogP contribution in [0.15, 0.2) is 59.5 Å². The molecule has 2 aromatic carbocycles. The van der Waals surface area contributed by atoms with Crippen LogP contribution in [-0.2, 0) is 9.53 Å². The van der Waals surface area contributed by atoms with Gasteiger partial charge in [-0.25, -0.2) is 4.79 Å². The predicted molar refractivity (Wildman–Crippen MR) is 95.6 cm³/mol. The molecule has 0 N–H and O–H groups in total. The number of ether oxygens (including phenoxy) is 1. The van der Waals surface area contributed by atoms with Crippen LogP contribution in [-0.4, -0.2) is 29.5 Å².